The molecule has 0 radical (unpaired) electrons. The zero-order valence-corrected chi connectivity index (χ0v) is 13.1. The predicted molar refractivity (Wildman–Crippen MR) is 81.9 cm³/mol. The highest BCUT2D eigenvalue weighted by atomic mass is 16.6. The Kier molecular flexibility index (Phi) is 4.55. The zero-order valence-electron chi connectivity index (χ0n) is 13.1. The van der Waals surface area contributed by atoms with Crippen LogP contribution in [0.15, 0.2) is 18.2 Å². The highest BCUT2D eigenvalue weighted by Gasteiger charge is 2.28. The number of hydrogen-bond donors (Lipinski definition) is 0. The van der Waals surface area contributed by atoms with E-state index in [0.717, 1.165) is 0 Å². The maximum Gasteiger partial charge on any atom is 0.409 e. The minimum absolute atomic E-state index is 0.101. The summed E-state index contributed by atoms with van der Waals surface area (Å²) in [6.45, 7) is 4.94. The van der Waals surface area contributed by atoms with Gasteiger partial charge in [0.15, 0.2) is 11.5 Å². The minimum atomic E-state index is -0.326. The van der Waals surface area contributed by atoms with E-state index in [1.807, 2.05) is 0 Å². The molecule has 7 nitrogen and oxygen atoms in total. The summed E-state index contributed by atoms with van der Waals surface area (Å²) in [4.78, 5) is 27.8. The Balaban J connectivity index is 1.67. The third kappa shape index (κ3) is 3.18. The Hall–Kier alpha value is -2.44. The van der Waals surface area contributed by atoms with Crippen molar-refractivity contribution in [3.63, 3.8) is 0 Å². The van der Waals surface area contributed by atoms with Gasteiger partial charge in [-0.15, -0.1) is 0 Å². The molecule has 1 saturated heterocycles. The lowest BCUT2D eigenvalue weighted by Gasteiger charge is -2.34. The zero-order chi connectivity index (χ0) is 16.2. The van der Waals surface area contributed by atoms with E-state index in [-0.39, 0.29) is 12.0 Å². The third-order valence-corrected chi connectivity index (χ3v) is 3.89. The summed E-state index contributed by atoms with van der Waals surface area (Å²) in [7, 11) is 0. The second-order valence-corrected chi connectivity index (χ2v) is 5.31. The molecular formula is C16H20N2O5. The first kappa shape index (κ1) is 15.5. The number of benzene rings is 1. The van der Waals surface area contributed by atoms with Gasteiger partial charge in [-0.05, 0) is 19.1 Å². The van der Waals surface area contributed by atoms with E-state index in [1.54, 1.807) is 34.9 Å². The summed E-state index contributed by atoms with van der Waals surface area (Å²) >= 11 is 0. The number of nitrogens with zero attached hydrogens (tertiary/aromatic N) is 2. The van der Waals surface area contributed by atoms with Crippen LogP contribution in [0, 0.1) is 0 Å². The van der Waals surface area contributed by atoms with Crippen LogP contribution in [0.4, 0.5) is 4.79 Å². The van der Waals surface area contributed by atoms with Gasteiger partial charge in [0.25, 0.3) is 5.91 Å². The van der Waals surface area contributed by atoms with Gasteiger partial charge in [0.05, 0.1) is 12.2 Å². The fraction of sp³-hybridized carbons (Fsp3) is 0.500. The van der Waals surface area contributed by atoms with Crippen molar-refractivity contribution in [3.05, 3.63) is 23.8 Å². The van der Waals surface area contributed by atoms with Gasteiger partial charge in [-0.2, -0.15) is 0 Å². The lowest BCUT2D eigenvalue weighted by molar-refractivity contribution is 0.0563. The summed E-state index contributed by atoms with van der Waals surface area (Å²) in [6, 6.07) is 5.33. The van der Waals surface area contributed by atoms with Crippen molar-refractivity contribution in [2.24, 2.45) is 0 Å². The van der Waals surface area contributed by atoms with Gasteiger partial charge in [0.1, 0.15) is 13.2 Å². The second kappa shape index (κ2) is 6.76. The number of carbonyl (C=O) groups excluding carboxylic acids is 2. The highest BCUT2D eigenvalue weighted by Crippen LogP contribution is 2.34. The van der Waals surface area contributed by atoms with E-state index in [2.05, 4.69) is 0 Å². The first-order valence-corrected chi connectivity index (χ1v) is 7.80. The molecule has 23 heavy (non-hydrogen) atoms. The number of hydrogen-bond acceptors (Lipinski definition) is 5. The summed E-state index contributed by atoms with van der Waals surface area (Å²) < 4.78 is 16.1. The standard InChI is InChI=1S/C16H20N2O5/c1-2-21-16(20)18-8-6-17(7-9-18)15(19)12-4-3-5-13-14(12)23-11-10-22-13/h3-5H,2,6-11H2,1H3. The van der Waals surface area contributed by atoms with Crippen molar-refractivity contribution in [2.75, 3.05) is 46.0 Å². The smallest absolute Gasteiger partial charge is 0.409 e. The molecule has 0 spiro atoms. The van der Waals surface area contributed by atoms with Crippen LogP contribution < -0.4 is 9.47 Å². The number of piperazine rings is 1. The molecule has 2 aliphatic heterocycles. The normalized spacial score (nSPS) is 16.9. The van der Waals surface area contributed by atoms with Crippen LogP contribution in [-0.2, 0) is 4.74 Å². The molecule has 0 N–H and O–H groups in total. The van der Waals surface area contributed by atoms with Gasteiger partial charge in [0.2, 0.25) is 0 Å². The first-order valence-electron chi connectivity index (χ1n) is 7.80. The Bertz CT molecular complexity index is 596. The molecule has 124 valence electrons. The molecule has 0 atom stereocenters. The number of amides is 2. The van der Waals surface area contributed by atoms with Crippen LogP contribution in [0.2, 0.25) is 0 Å². The van der Waals surface area contributed by atoms with Gasteiger partial charge in [-0.25, -0.2) is 4.79 Å². The lowest BCUT2D eigenvalue weighted by atomic mass is 10.1. The van der Waals surface area contributed by atoms with Crippen LogP contribution in [0.3, 0.4) is 0 Å². The Morgan fingerprint density at radius 3 is 2.52 bits per heavy atom. The number of ether oxygens (including phenoxy) is 3. The fourth-order valence-corrected chi connectivity index (χ4v) is 2.72. The van der Waals surface area contributed by atoms with Crippen LogP contribution in [0.1, 0.15) is 17.3 Å². The average molecular weight is 320 g/mol. The number of rotatable bonds is 2. The van der Waals surface area contributed by atoms with Crippen molar-refractivity contribution in [2.45, 2.75) is 6.92 Å². The topological polar surface area (TPSA) is 68.3 Å². The van der Waals surface area contributed by atoms with Crippen LogP contribution in [0.25, 0.3) is 0 Å². The van der Waals surface area contributed by atoms with Crippen molar-refractivity contribution in [1.82, 2.24) is 9.80 Å². The molecule has 1 aromatic carbocycles. The molecule has 0 bridgehead atoms. The van der Waals surface area contributed by atoms with Gasteiger partial charge >= 0.3 is 6.09 Å². The number of fused-ring (bicyclic) bond motifs is 1. The Morgan fingerprint density at radius 1 is 1.09 bits per heavy atom. The number of para-hydroxylation sites is 1. The van der Waals surface area contributed by atoms with E-state index in [4.69, 9.17) is 14.2 Å². The molecule has 0 aliphatic carbocycles. The molecule has 2 aliphatic rings. The minimum Gasteiger partial charge on any atom is -0.486 e. The van der Waals surface area contributed by atoms with Crippen molar-refractivity contribution in [3.8, 4) is 11.5 Å². The van der Waals surface area contributed by atoms with Crippen LogP contribution in [-0.4, -0.2) is 67.8 Å². The van der Waals surface area contributed by atoms with E-state index in [0.29, 0.717) is 63.1 Å². The summed E-state index contributed by atoms with van der Waals surface area (Å²) in [6.07, 6.45) is -0.326. The van der Waals surface area contributed by atoms with E-state index < -0.39 is 0 Å². The Morgan fingerprint density at radius 2 is 1.78 bits per heavy atom. The first-order chi connectivity index (χ1) is 11.2. The molecule has 1 aromatic rings. The lowest BCUT2D eigenvalue weighted by Crippen LogP contribution is -2.50. The van der Waals surface area contributed by atoms with Crippen molar-refractivity contribution in [1.29, 1.82) is 0 Å². The molecule has 7 heteroatoms. The van der Waals surface area contributed by atoms with Crippen LogP contribution >= 0.6 is 0 Å². The molecular weight excluding hydrogens is 300 g/mol. The monoisotopic (exact) mass is 320 g/mol. The van der Waals surface area contributed by atoms with Gasteiger partial charge in [-0.1, -0.05) is 6.07 Å². The maximum atomic E-state index is 12.7. The van der Waals surface area contributed by atoms with E-state index in [1.165, 1.54) is 0 Å². The Labute approximate surface area is 134 Å². The van der Waals surface area contributed by atoms with E-state index in [9.17, 15) is 9.59 Å². The summed E-state index contributed by atoms with van der Waals surface area (Å²) in [5, 5.41) is 0. The van der Waals surface area contributed by atoms with Gasteiger partial charge in [-0.3, -0.25) is 4.79 Å². The molecule has 3 rings (SSSR count). The fourth-order valence-electron chi connectivity index (χ4n) is 2.72. The van der Waals surface area contributed by atoms with E-state index >= 15 is 0 Å². The molecule has 0 unspecified atom stereocenters. The van der Waals surface area contributed by atoms with Crippen molar-refractivity contribution >= 4 is 12.0 Å². The molecule has 0 aromatic heterocycles. The third-order valence-electron chi connectivity index (χ3n) is 3.89. The SMILES string of the molecule is CCOC(=O)N1CCN(C(=O)c2cccc3c2OCCO3)CC1. The molecule has 1 fully saturated rings. The van der Waals surface area contributed by atoms with Gasteiger partial charge in [0, 0.05) is 26.2 Å². The van der Waals surface area contributed by atoms with Gasteiger partial charge < -0.3 is 24.0 Å². The quantitative estimate of drug-likeness (QED) is 0.823. The summed E-state index contributed by atoms with van der Waals surface area (Å²) in [5.41, 5.74) is 0.506. The highest BCUT2D eigenvalue weighted by molar-refractivity contribution is 5.98. The molecule has 0 saturated carbocycles. The molecule has 2 heterocycles. The largest absolute Gasteiger partial charge is 0.486 e. The predicted octanol–water partition coefficient (Wildman–Crippen LogP) is 1.37. The van der Waals surface area contributed by atoms with Crippen LogP contribution in [0.5, 0.6) is 11.5 Å². The maximum absolute atomic E-state index is 12.7. The average Bonchev–Trinajstić information content (AvgIpc) is 2.61. The number of carbonyl (C=O) groups is 2. The van der Waals surface area contributed by atoms with Crippen molar-refractivity contribution < 1.29 is 23.8 Å². The summed E-state index contributed by atoms with van der Waals surface area (Å²) in [5.74, 6) is 1.01. The second-order valence-electron chi connectivity index (χ2n) is 5.31. The molecule has 2 amide bonds.